The van der Waals surface area contributed by atoms with Gasteiger partial charge in [0.2, 0.25) is 0 Å². The first-order valence-corrected chi connectivity index (χ1v) is 7.59. The Labute approximate surface area is 120 Å². The van der Waals surface area contributed by atoms with E-state index >= 15 is 0 Å². The van der Waals surface area contributed by atoms with Crippen LogP contribution in [0.3, 0.4) is 0 Å². The highest BCUT2D eigenvalue weighted by atomic mass is 16.5. The average molecular weight is 279 g/mol. The molecule has 1 aromatic heterocycles. The van der Waals surface area contributed by atoms with Gasteiger partial charge < -0.3 is 19.4 Å². The standard InChI is InChI=1S/C15H25N3O2/c1-16-14(13-10-17-11-18(13)2)12-3-6-20-15(9-12)4-7-19-8-5-15/h10-12,14,16H,3-9H2,1-2H3. The Hall–Kier alpha value is -0.910. The summed E-state index contributed by atoms with van der Waals surface area (Å²) in [7, 11) is 4.11. The van der Waals surface area contributed by atoms with Crippen molar-refractivity contribution in [2.75, 3.05) is 26.9 Å². The van der Waals surface area contributed by atoms with Crippen LogP contribution >= 0.6 is 0 Å². The van der Waals surface area contributed by atoms with E-state index in [1.807, 2.05) is 19.6 Å². The van der Waals surface area contributed by atoms with Crippen LogP contribution in [0.1, 0.15) is 37.4 Å². The number of hydrogen-bond donors (Lipinski definition) is 1. The van der Waals surface area contributed by atoms with E-state index in [2.05, 4.69) is 21.9 Å². The molecule has 1 aromatic rings. The van der Waals surface area contributed by atoms with Gasteiger partial charge in [-0.25, -0.2) is 4.98 Å². The molecule has 0 aliphatic carbocycles. The summed E-state index contributed by atoms with van der Waals surface area (Å²) in [6.45, 7) is 2.53. The lowest BCUT2D eigenvalue weighted by molar-refractivity contribution is -0.150. The molecule has 3 rings (SSSR count). The number of imidazole rings is 1. The highest BCUT2D eigenvalue weighted by Crippen LogP contribution is 2.41. The van der Waals surface area contributed by atoms with Crippen molar-refractivity contribution in [2.24, 2.45) is 13.0 Å². The van der Waals surface area contributed by atoms with Gasteiger partial charge in [0.15, 0.2) is 0 Å². The third kappa shape index (κ3) is 2.62. The molecule has 0 bridgehead atoms. The van der Waals surface area contributed by atoms with Crippen LogP contribution in [0.2, 0.25) is 0 Å². The molecule has 2 fully saturated rings. The summed E-state index contributed by atoms with van der Waals surface area (Å²) in [6, 6.07) is 0.353. The maximum atomic E-state index is 6.15. The highest BCUT2D eigenvalue weighted by molar-refractivity contribution is 5.08. The fraction of sp³-hybridized carbons (Fsp3) is 0.800. The first-order chi connectivity index (χ1) is 9.74. The number of aryl methyl sites for hydroxylation is 1. The molecular weight excluding hydrogens is 254 g/mol. The molecule has 2 aliphatic rings. The molecular formula is C15H25N3O2. The molecule has 2 aliphatic heterocycles. The monoisotopic (exact) mass is 279 g/mol. The lowest BCUT2D eigenvalue weighted by Gasteiger charge is -2.45. The van der Waals surface area contributed by atoms with E-state index in [1.165, 1.54) is 5.69 Å². The fourth-order valence-corrected chi connectivity index (χ4v) is 3.73. The SMILES string of the molecule is CNC(c1cncn1C)C1CCOC2(CCOCC2)C1. The number of rotatable bonds is 3. The zero-order valence-corrected chi connectivity index (χ0v) is 12.5. The molecule has 112 valence electrons. The molecule has 0 amide bonds. The van der Waals surface area contributed by atoms with Gasteiger partial charge in [0, 0.05) is 33.1 Å². The summed E-state index contributed by atoms with van der Waals surface area (Å²) >= 11 is 0. The first kappa shape index (κ1) is 14.0. The number of nitrogens with one attached hydrogen (secondary N) is 1. The molecule has 1 N–H and O–H groups in total. The quantitative estimate of drug-likeness (QED) is 0.914. The summed E-state index contributed by atoms with van der Waals surface area (Å²) in [5.41, 5.74) is 1.32. The maximum absolute atomic E-state index is 6.15. The van der Waals surface area contributed by atoms with Gasteiger partial charge in [0.1, 0.15) is 0 Å². The van der Waals surface area contributed by atoms with E-state index in [0.29, 0.717) is 12.0 Å². The van der Waals surface area contributed by atoms with Crippen LogP contribution in [0.4, 0.5) is 0 Å². The minimum atomic E-state index is 0.0505. The highest BCUT2D eigenvalue weighted by Gasteiger charge is 2.41. The minimum absolute atomic E-state index is 0.0505. The van der Waals surface area contributed by atoms with E-state index in [9.17, 15) is 0 Å². The Bertz CT molecular complexity index is 435. The lowest BCUT2D eigenvalue weighted by Crippen LogP contribution is -2.46. The van der Waals surface area contributed by atoms with Gasteiger partial charge in [0.05, 0.1) is 23.7 Å². The van der Waals surface area contributed by atoms with Gasteiger partial charge in [-0.1, -0.05) is 0 Å². The minimum Gasteiger partial charge on any atom is -0.381 e. The molecule has 2 atom stereocenters. The number of hydrogen-bond acceptors (Lipinski definition) is 4. The van der Waals surface area contributed by atoms with Crippen LogP contribution in [0.15, 0.2) is 12.5 Å². The van der Waals surface area contributed by atoms with Crippen molar-refractivity contribution in [2.45, 2.75) is 37.3 Å². The molecule has 0 aromatic carbocycles. The van der Waals surface area contributed by atoms with Crippen molar-refractivity contribution in [3.63, 3.8) is 0 Å². The topological polar surface area (TPSA) is 48.3 Å². The Morgan fingerprint density at radius 3 is 2.85 bits per heavy atom. The van der Waals surface area contributed by atoms with Crippen LogP contribution in [-0.2, 0) is 16.5 Å². The van der Waals surface area contributed by atoms with Crippen LogP contribution in [0.5, 0.6) is 0 Å². The molecule has 3 heterocycles. The van der Waals surface area contributed by atoms with Crippen molar-refractivity contribution in [3.05, 3.63) is 18.2 Å². The van der Waals surface area contributed by atoms with E-state index in [-0.39, 0.29) is 5.60 Å². The Morgan fingerprint density at radius 2 is 2.20 bits per heavy atom. The third-order valence-corrected chi connectivity index (χ3v) is 4.89. The molecule has 0 saturated carbocycles. The molecule has 20 heavy (non-hydrogen) atoms. The Kier molecular flexibility index (Phi) is 4.10. The second-order valence-corrected chi connectivity index (χ2v) is 6.09. The summed E-state index contributed by atoms with van der Waals surface area (Å²) in [6.07, 6.45) is 8.15. The Morgan fingerprint density at radius 1 is 1.40 bits per heavy atom. The number of aromatic nitrogens is 2. The average Bonchev–Trinajstić information content (AvgIpc) is 2.87. The van der Waals surface area contributed by atoms with Crippen molar-refractivity contribution >= 4 is 0 Å². The third-order valence-electron chi connectivity index (χ3n) is 4.89. The van der Waals surface area contributed by atoms with E-state index in [4.69, 9.17) is 9.47 Å². The molecule has 5 nitrogen and oxygen atoms in total. The van der Waals surface area contributed by atoms with Crippen LogP contribution in [0, 0.1) is 5.92 Å². The van der Waals surface area contributed by atoms with E-state index < -0.39 is 0 Å². The normalized spacial score (nSPS) is 27.6. The van der Waals surface area contributed by atoms with Gasteiger partial charge >= 0.3 is 0 Å². The zero-order chi connectivity index (χ0) is 14.0. The fourth-order valence-electron chi connectivity index (χ4n) is 3.73. The van der Waals surface area contributed by atoms with E-state index in [0.717, 1.165) is 45.5 Å². The Balaban J connectivity index is 1.76. The van der Waals surface area contributed by atoms with Crippen molar-refractivity contribution < 1.29 is 9.47 Å². The predicted octanol–water partition coefficient (Wildman–Crippen LogP) is 1.66. The first-order valence-electron chi connectivity index (χ1n) is 7.59. The molecule has 2 unspecified atom stereocenters. The summed E-state index contributed by atoms with van der Waals surface area (Å²) < 4.78 is 13.8. The van der Waals surface area contributed by atoms with Gasteiger partial charge in [-0.15, -0.1) is 0 Å². The second kappa shape index (κ2) is 5.84. The van der Waals surface area contributed by atoms with Crippen LogP contribution < -0.4 is 5.32 Å². The molecule has 1 spiro atoms. The molecule has 2 saturated heterocycles. The van der Waals surface area contributed by atoms with Gasteiger partial charge in [-0.3, -0.25) is 0 Å². The summed E-state index contributed by atoms with van der Waals surface area (Å²) in [4.78, 5) is 4.26. The number of ether oxygens (including phenoxy) is 2. The summed E-state index contributed by atoms with van der Waals surface area (Å²) in [5.74, 6) is 0.599. The predicted molar refractivity (Wildman–Crippen MR) is 76.5 cm³/mol. The van der Waals surface area contributed by atoms with E-state index in [1.54, 1.807) is 0 Å². The second-order valence-electron chi connectivity index (χ2n) is 6.09. The molecule has 0 radical (unpaired) electrons. The van der Waals surface area contributed by atoms with Crippen molar-refractivity contribution in [3.8, 4) is 0 Å². The maximum Gasteiger partial charge on any atom is 0.0946 e. The van der Waals surface area contributed by atoms with Gasteiger partial charge in [0.25, 0.3) is 0 Å². The van der Waals surface area contributed by atoms with Crippen molar-refractivity contribution in [1.82, 2.24) is 14.9 Å². The van der Waals surface area contributed by atoms with Gasteiger partial charge in [-0.05, 0) is 38.6 Å². The van der Waals surface area contributed by atoms with Crippen LogP contribution in [0.25, 0.3) is 0 Å². The van der Waals surface area contributed by atoms with Crippen molar-refractivity contribution in [1.29, 1.82) is 0 Å². The van der Waals surface area contributed by atoms with Gasteiger partial charge in [-0.2, -0.15) is 0 Å². The lowest BCUT2D eigenvalue weighted by atomic mass is 9.77. The smallest absolute Gasteiger partial charge is 0.0946 e. The zero-order valence-electron chi connectivity index (χ0n) is 12.5. The molecule has 5 heteroatoms. The summed E-state index contributed by atoms with van der Waals surface area (Å²) in [5, 5.41) is 3.49. The largest absolute Gasteiger partial charge is 0.381 e. The van der Waals surface area contributed by atoms with Crippen LogP contribution in [-0.4, -0.2) is 42.0 Å². The number of nitrogens with zero attached hydrogens (tertiary/aromatic N) is 2.